The molecule has 1 rings (SSSR count). The normalized spacial score (nSPS) is 18.6. The number of carbonyl (C=O) groups is 1. The van der Waals surface area contributed by atoms with Crippen molar-refractivity contribution in [2.75, 3.05) is 20.3 Å². The van der Waals surface area contributed by atoms with Crippen LogP contribution in [0, 0.1) is 17.8 Å². The maximum Gasteiger partial charge on any atom is 0.237 e. The Hall–Kier alpha value is -1.05. The van der Waals surface area contributed by atoms with Gasteiger partial charge in [-0.15, -0.1) is 12.3 Å². The molecule has 1 unspecified atom stereocenters. The van der Waals surface area contributed by atoms with Gasteiger partial charge in [-0.25, -0.2) is 0 Å². The van der Waals surface area contributed by atoms with Crippen LogP contribution >= 0.6 is 0 Å². The lowest BCUT2D eigenvalue weighted by molar-refractivity contribution is -0.122. The Kier molecular flexibility index (Phi) is 4.78. The first-order chi connectivity index (χ1) is 7.63. The quantitative estimate of drug-likeness (QED) is 0.610. The summed E-state index contributed by atoms with van der Waals surface area (Å²) >= 11 is 0. The number of nitrogens with two attached hydrogens (primary N) is 1. The van der Waals surface area contributed by atoms with Crippen LogP contribution in [0.1, 0.15) is 25.7 Å². The second-order valence-corrected chi connectivity index (χ2v) is 4.48. The number of terminal acetylenes is 1. The Morgan fingerprint density at radius 1 is 1.69 bits per heavy atom. The van der Waals surface area contributed by atoms with Gasteiger partial charge in [-0.2, -0.15) is 0 Å². The van der Waals surface area contributed by atoms with E-state index in [1.807, 2.05) is 0 Å². The molecule has 1 aliphatic rings. The fraction of sp³-hybridized carbons (Fsp3) is 0.750. The highest BCUT2D eigenvalue weighted by Gasteiger charge is 2.42. The van der Waals surface area contributed by atoms with Crippen LogP contribution in [0.4, 0.5) is 0 Å². The molecule has 0 bridgehead atoms. The Bertz CT molecular complexity index is 279. The third kappa shape index (κ3) is 3.84. The summed E-state index contributed by atoms with van der Waals surface area (Å²) in [4.78, 5) is 11.5. The average molecular weight is 224 g/mol. The molecule has 0 aliphatic heterocycles. The molecule has 0 heterocycles. The number of methoxy groups -OCH3 is 1. The summed E-state index contributed by atoms with van der Waals surface area (Å²) < 4.78 is 5.05. The van der Waals surface area contributed by atoms with E-state index in [2.05, 4.69) is 11.2 Å². The second kappa shape index (κ2) is 5.88. The Balaban J connectivity index is 2.24. The highest BCUT2D eigenvalue weighted by atomic mass is 16.5. The minimum absolute atomic E-state index is 0.151. The summed E-state index contributed by atoms with van der Waals surface area (Å²) in [6, 6.07) is -0.580. The maximum absolute atomic E-state index is 11.5. The number of rotatable bonds is 7. The van der Waals surface area contributed by atoms with Crippen LogP contribution in [-0.2, 0) is 9.53 Å². The van der Waals surface area contributed by atoms with Gasteiger partial charge in [0.1, 0.15) is 0 Å². The van der Waals surface area contributed by atoms with Crippen LogP contribution in [0.3, 0.4) is 0 Å². The fourth-order valence-electron chi connectivity index (χ4n) is 1.64. The van der Waals surface area contributed by atoms with E-state index in [1.165, 1.54) is 0 Å². The summed E-state index contributed by atoms with van der Waals surface area (Å²) in [7, 11) is 1.69. The lowest BCUT2D eigenvalue weighted by Crippen LogP contribution is -2.42. The van der Waals surface area contributed by atoms with Crippen LogP contribution in [0.2, 0.25) is 0 Å². The van der Waals surface area contributed by atoms with Crippen molar-refractivity contribution in [2.45, 2.75) is 31.7 Å². The first-order valence-corrected chi connectivity index (χ1v) is 5.59. The van der Waals surface area contributed by atoms with Gasteiger partial charge in [0.25, 0.3) is 0 Å². The van der Waals surface area contributed by atoms with E-state index in [-0.39, 0.29) is 17.7 Å². The van der Waals surface area contributed by atoms with Gasteiger partial charge in [0.05, 0.1) is 6.04 Å². The Morgan fingerprint density at radius 2 is 2.38 bits per heavy atom. The summed E-state index contributed by atoms with van der Waals surface area (Å²) in [6.07, 6.45) is 8.69. The largest absolute Gasteiger partial charge is 0.385 e. The van der Waals surface area contributed by atoms with E-state index in [0.717, 1.165) is 25.9 Å². The number of hydrogen-bond acceptors (Lipinski definition) is 3. The minimum Gasteiger partial charge on any atom is -0.385 e. The molecule has 0 radical (unpaired) electrons. The molecule has 1 saturated carbocycles. The molecule has 1 amide bonds. The standard InChI is InChI=1S/C12H20N2O2/c1-3-4-10(13)11(15)14-9-12(5-6-12)7-8-16-2/h1,10H,4-9,13H2,2H3,(H,14,15). The van der Waals surface area contributed by atoms with Gasteiger partial charge in [-0.1, -0.05) is 0 Å². The lowest BCUT2D eigenvalue weighted by atomic mass is 10.0. The third-order valence-corrected chi connectivity index (χ3v) is 3.11. The summed E-state index contributed by atoms with van der Waals surface area (Å²) in [5.41, 5.74) is 5.85. The zero-order valence-corrected chi connectivity index (χ0v) is 9.79. The molecule has 1 fully saturated rings. The number of amides is 1. The van der Waals surface area contributed by atoms with Crippen molar-refractivity contribution < 1.29 is 9.53 Å². The van der Waals surface area contributed by atoms with Crippen molar-refractivity contribution >= 4 is 5.91 Å². The number of nitrogens with one attached hydrogen (secondary N) is 1. The predicted molar refractivity (Wildman–Crippen MR) is 62.6 cm³/mol. The second-order valence-electron chi connectivity index (χ2n) is 4.48. The number of carbonyl (C=O) groups excluding carboxylic acids is 1. The van der Waals surface area contributed by atoms with Crippen LogP contribution in [0.15, 0.2) is 0 Å². The molecule has 90 valence electrons. The van der Waals surface area contributed by atoms with Crippen LogP contribution < -0.4 is 11.1 Å². The molecular formula is C12H20N2O2. The van der Waals surface area contributed by atoms with Gasteiger partial charge >= 0.3 is 0 Å². The molecule has 1 aliphatic carbocycles. The highest BCUT2D eigenvalue weighted by molar-refractivity contribution is 5.81. The molecule has 0 spiro atoms. The van der Waals surface area contributed by atoms with Gasteiger partial charge in [0.2, 0.25) is 5.91 Å². The molecule has 4 nitrogen and oxygen atoms in total. The van der Waals surface area contributed by atoms with Crippen LogP contribution in [-0.4, -0.2) is 32.2 Å². The fourth-order valence-corrected chi connectivity index (χ4v) is 1.64. The average Bonchev–Trinajstić information content (AvgIpc) is 3.04. The van der Waals surface area contributed by atoms with Gasteiger partial charge in [0, 0.05) is 26.7 Å². The van der Waals surface area contributed by atoms with Crippen molar-refractivity contribution in [1.82, 2.24) is 5.32 Å². The van der Waals surface area contributed by atoms with Crippen LogP contribution in [0.5, 0.6) is 0 Å². The zero-order chi connectivity index (χ0) is 12.0. The first-order valence-electron chi connectivity index (χ1n) is 5.59. The minimum atomic E-state index is -0.580. The Labute approximate surface area is 96.9 Å². The number of hydrogen-bond donors (Lipinski definition) is 2. The highest BCUT2D eigenvalue weighted by Crippen LogP contribution is 2.48. The monoisotopic (exact) mass is 224 g/mol. The van der Waals surface area contributed by atoms with Crippen LogP contribution in [0.25, 0.3) is 0 Å². The molecule has 16 heavy (non-hydrogen) atoms. The van der Waals surface area contributed by atoms with E-state index < -0.39 is 6.04 Å². The first kappa shape index (κ1) is 13.0. The zero-order valence-electron chi connectivity index (χ0n) is 9.79. The topological polar surface area (TPSA) is 64.4 Å². The molecule has 1 atom stereocenters. The van der Waals surface area contributed by atoms with E-state index in [1.54, 1.807) is 7.11 Å². The summed E-state index contributed by atoms with van der Waals surface area (Å²) in [5, 5.41) is 2.86. The molecule has 3 N–H and O–H groups in total. The van der Waals surface area contributed by atoms with Crippen molar-refractivity contribution in [3.05, 3.63) is 0 Å². The van der Waals surface area contributed by atoms with E-state index >= 15 is 0 Å². The van der Waals surface area contributed by atoms with E-state index in [4.69, 9.17) is 16.9 Å². The molecular weight excluding hydrogens is 204 g/mol. The summed E-state index contributed by atoms with van der Waals surface area (Å²) in [6.45, 7) is 1.43. The smallest absolute Gasteiger partial charge is 0.237 e. The molecule has 0 aromatic heterocycles. The van der Waals surface area contributed by atoms with Gasteiger partial charge in [0.15, 0.2) is 0 Å². The van der Waals surface area contributed by atoms with Gasteiger partial charge in [-0.3, -0.25) is 4.79 Å². The van der Waals surface area contributed by atoms with E-state index in [9.17, 15) is 4.79 Å². The van der Waals surface area contributed by atoms with Crippen molar-refractivity contribution in [3.63, 3.8) is 0 Å². The van der Waals surface area contributed by atoms with Crippen molar-refractivity contribution in [2.24, 2.45) is 11.1 Å². The lowest BCUT2D eigenvalue weighted by Gasteiger charge is -2.17. The van der Waals surface area contributed by atoms with E-state index in [0.29, 0.717) is 6.54 Å². The van der Waals surface area contributed by atoms with Gasteiger partial charge < -0.3 is 15.8 Å². The maximum atomic E-state index is 11.5. The van der Waals surface area contributed by atoms with Crippen molar-refractivity contribution in [1.29, 1.82) is 0 Å². The number of ether oxygens (including phenoxy) is 1. The SMILES string of the molecule is C#CCC(N)C(=O)NCC1(CCOC)CC1. The predicted octanol–water partition coefficient (Wildman–Crippen LogP) is 0.270. The molecule has 0 saturated heterocycles. The third-order valence-electron chi connectivity index (χ3n) is 3.11. The van der Waals surface area contributed by atoms with Crippen molar-refractivity contribution in [3.8, 4) is 12.3 Å². The molecule has 4 heteroatoms. The van der Waals surface area contributed by atoms with Gasteiger partial charge in [-0.05, 0) is 24.7 Å². The molecule has 0 aromatic rings. The molecule has 0 aromatic carbocycles. The summed E-state index contributed by atoms with van der Waals surface area (Å²) in [5.74, 6) is 2.24. The Morgan fingerprint density at radius 3 is 2.88 bits per heavy atom.